The van der Waals surface area contributed by atoms with Crippen LogP contribution in [0.3, 0.4) is 0 Å². The summed E-state index contributed by atoms with van der Waals surface area (Å²) in [6.45, 7) is 17.6. The molecule has 0 fully saturated rings. The first-order chi connectivity index (χ1) is 16.7. The smallest absolute Gasteiger partial charge is 0.550 e. The van der Waals surface area contributed by atoms with Gasteiger partial charge in [0.05, 0.1) is 0 Å². The van der Waals surface area contributed by atoms with Crippen LogP contribution in [0.15, 0.2) is 0 Å². The van der Waals surface area contributed by atoms with Crippen LogP contribution >= 0.6 is 0 Å². The van der Waals surface area contributed by atoms with Gasteiger partial charge in [-0.3, -0.25) is 0 Å². The van der Waals surface area contributed by atoms with Crippen molar-refractivity contribution in [2.75, 3.05) is 0 Å². The predicted octanol–water partition coefficient (Wildman–Crippen LogP) is 5.20. The van der Waals surface area contributed by atoms with Crippen LogP contribution in [0.4, 0.5) is 0 Å². The Kier molecular flexibility index (Phi) is 29.6. The van der Waals surface area contributed by atoms with Crippen molar-refractivity contribution in [1.82, 2.24) is 0 Å². The maximum absolute atomic E-state index is 10.8. The molecule has 0 spiro atoms. The van der Waals surface area contributed by atoms with E-state index < -0.39 is 34.2 Å². The van der Waals surface area contributed by atoms with Crippen LogP contribution in [-0.4, -0.2) is 17.9 Å². The zero-order valence-corrected chi connectivity index (χ0v) is 27.0. The Morgan fingerprint density at radius 1 is 0.432 bits per heavy atom. The summed E-state index contributed by atoms with van der Waals surface area (Å²) in [6, 6.07) is 0. The molecular formula is C30H57O6Yb. The molecule has 227 valence electrons. The van der Waals surface area contributed by atoms with E-state index in [9.17, 15) is 29.7 Å². The molecule has 1 radical (unpaired) electrons. The number of rotatable bonds is 18. The van der Waals surface area contributed by atoms with Crippen LogP contribution in [0.25, 0.3) is 0 Å². The number of aliphatic carboxylic acids is 3. The summed E-state index contributed by atoms with van der Waals surface area (Å²) < 4.78 is 0. The van der Waals surface area contributed by atoms with Crippen LogP contribution in [-0.2, 0) is 14.4 Å². The Morgan fingerprint density at radius 2 is 0.622 bits per heavy atom. The molecule has 0 saturated heterocycles. The van der Waals surface area contributed by atoms with Crippen molar-refractivity contribution < 1.29 is 76.6 Å². The summed E-state index contributed by atoms with van der Waals surface area (Å²) in [7, 11) is 0. The number of hydrogen-bond donors (Lipinski definition) is 0. The average molecular weight is 687 g/mol. The van der Waals surface area contributed by atoms with E-state index in [0.29, 0.717) is 0 Å². The van der Waals surface area contributed by atoms with Crippen molar-refractivity contribution in [3.63, 3.8) is 0 Å². The molecule has 0 aliphatic heterocycles. The number of carbonyl (C=O) groups is 3. The summed E-state index contributed by atoms with van der Waals surface area (Å²) in [5, 5.41) is 32.4. The van der Waals surface area contributed by atoms with Crippen LogP contribution in [0.2, 0.25) is 0 Å². The summed E-state index contributed by atoms with van der Waals surface area (Å²) in [6.07, 6.45) is 13.3. The number of unbranched alkanes of at least 4 members (excludes halogenated alkanes) is 3. The summed E-state index contributed by atoms with van der Waals surface area (Å²) in [5.74, 6) is -2.67. The van der Waals surface area contributed by atoms with E-state index in [2.05, 4.69) is 20.8 Å². The van der Waals surface area contributed by atoms with Crippen molar-refractivity contribution in [3.05, 3.63) is 0 Å². The molecule has 3 unspecified atom stereocenters. The van der Waals surface area contributed by atoms with Gasteiger partial charge in [0.2, 0.25) is 0 Å². The standard InChI is InChI=1S/3C10H20O2.Yb/c3*1-4-6-8-10(3,7-5-2)9(11)12;/h3*4-8H2,1-3H3,(H,11,12);/q;;;+3/p-3. The first kappa shape index (κ1) is 44.0. The van der Waals surface area contributed by atoms with Crippen LogP contribution in [0.1, 0.15) is 159 Å². The minimum absolute atomic E-state index is 0. The molecule has 0 aliphatic carbocycles. The van der Waals surface area contributed by atoms with Crippen molar-refractivity contribution in [2.45, 2.75) is 159 Å². The molecule has 0 aromatic rings. The molecule has 0 heterocycles. The van der Waals surface area contributed by atoms with Gasteiger partial charge in [-0.1, -0.05) is 120 Å². The average Bonchev–Trinajstić information content (AvgIpc) is 2.81. The van der Waals surface area contributed by atoms with E-state index in [-0.39, 0.29) is 46.9 Å². The molecule has 6 nitrogen and oxygen atoms in total. The molecule has 37 heavy (non-hydrogen) atoms. The van der Waals surface area contributed by atoms with Crippen molar-refractivity contribution >= 4 is 17.9 Å². The molecule has 0 saturated carbocycles. The van der Waals surface area contributed by atoms with Gasteiger partial charge in [0, 0.05) is 34.2 Å². The fourth-order valence-corrected chi connectivity index (χ4v) is 4.34. The SMILES string of the molecule is CCCCC(C)(CCC)C(=O)[O-].CCCCC(C)(CCC)C(=O)[O-].CCCCC(C)(CCC)C(=O)[O-].[Yb+3]. The molecule has 0 aliphatic rings. The van der Waals surface area contributed by atoms with Gasteiger partial charge in [-0.2, -0.15) is 0 Å². The van der Waals surface area contributed by atoms with E-state index in [1.165, 1.54) is 0 Å². The van der Waals surface area contributed by atoms with Gasteiger partial charge >= 0.3 is 46.9 Å². The van der Waals surface area contributed by atoms with Gasteiger partial charge in [-0.15, -0.1) is 0 Å². The summed E-state index contributed by atoms with van der Waals surface area (Å²) >= 11 is 0. The van der Waals surface area contributed by atoms with Gasteiger partial charge in [-0.05, 0) is 38.5 Å². The van der Waals surface area contributed by atoms with Crippen molar-refractivity contribution in [2.24, 2.45) is 16.2 Å². The maximum Gasteiger partial charge on any atom is 3.00 e. The zero-order valence-electron chi connectivity index (χ0n) is 25.3. The first-order valence-corrected chi connectivity index (χ1v) is 14.3. The molecule has 7 heteroatoms. The molecule has 0 aromatic carbocycles. The van der Waals surface area contributed by atoms with Crippen LogP contribution in [0.5, 0.6) is 0 Å². The van der Waals surface area contributed by atoms with Crippen LogP contribution < -0.4 is 15.3 Å². The van der Waals surface area contributed by atoms with Gasteiger partial charge in [0.15, 0.2) is 0 Å². The largest absolute Gasteiger partial charge is 3.00 e. The summed E-state index contributed by atoms with van der Waals surface area (Å²) in [5.41, 5.74) is -1.78. The van der Waals surface area contributed by atoms with E-state index >= 15 is 0 Å². The molecule has 0 amide bonds. The Hall–Kier alpha value is -0.0705. The Balaban J connectivity index is -0.000000218. The number of carboxylic acid groups (broad SMARTS) is 3. The quantitative estimate of drug-likeness (QED) is 0.196. The summed E-state index contributed by atoms with van der Waals surface area (Å²) in [4.78, 5) is 32.4. The number of hydrogen-bond acceptors (Lipinski definition) is 6. The third-order valence-corrected chi connectivity index (χ3v) is 7.13. The third kappa shape index (κ3) is 20.5. The third-order valence-electron chi connectivity index (χ3n) is 7.13. The Morgan fingerprint density at radius 3 is 0.730 bits per heavy atom. The first-order valence-electron chi connectivity index (χ1n) is 14.3. The monoisotopic (exact) mass is 687 g/mol. The minimum atomic E-state index is -0.891. The number of carbonyl (C=O) groups excluding carboxylic acids is 3. The number of carboxylic acids is 3. The minimum Gasteiger partial charge on any atom is -0.550 e. The van der Waals surface area contributed by atoms with Gasteiger partial charge in [0.25, 0.3) is 0 Å². The second-order valence-corrected chi connectivity index (χ2v) is 11.1. The fraction of sp³-hybridized carbons (Fsp3) is 0.900. The molecule has 0 N–H and O–H groups in total. The molecular weight excluding hydrogens is 629 g/mol. The molecule has 3 atom stereocenters. The van der Waals surface area contributed by atoms with Crippen molar-refractivity contribution in [3.8, 4) is 0 Å². The predicted molar refractivity (Wildman–Crippen MR) is 143 cm³/mol. The second kappa shape index (κ2) is 24.9. The zero-order chi connectivity index (χ0) is 28.8. The normalized spacial score (nSPS) is 15.2. The Labute approximate surface area is 267 Å². The van der Waals surface area contributed by atoms with Gasteiger partial charge in [0.1, 0.15) is 0 Å². The molecule has 0 aromatic heterocycles. The molecule has 0 bridgehead atoms. The topological polar surface area (TPSA) is 120 Å². The second-order valence-electron chi connectivity index (χ2n) is 11.1. The van der Waals surface area contributed by atoms with Crippen LogP contribution in [0, 0.1) is 63.2 Å². The fourth-order valence-electron chi connectivity index (χ4n) is 4.34. The van der Waals surface area contributed by atoms with E-state index in [4.69, 9.17) is 0 Å². The van der Waals surface area contributed by atoms with Crippen molar-refractivity contribution in [1.29, 1.82) is 0 Å². The van der Waals surface area contributed by atoms with E-state index in [1.54, 1.807) is 20.8 Å². The van der Waals surface area contributed by atoms with E-state index in [1.807, 2.05) is 20.8 Å². The van der Waals surface area contributed by atoms with Gasteiger partial charge in [-0.25, -0.2) is 0 Å². The molecule has 0 rings (SSSR count). The Bertz CT molecular complexity index is 516. The maximum atomic E-state index is 10.8. The van der Waals surface area contributed by atoms with E-state index in [0.717, 1.165) is 96.3 Å². The van der Waals surface area contributed by atoms with Gasteiger partial charge < -0.3 is 29.7 Å².